The van der Waals surface area contributed by atoms with Gasteiger partial charge in [-0.15, -0.1) is 0 Å². The maximum Gasteiger partial charge on any atom is 0.223 e. The molecule has 5 nitrogen and oxygen atoms in total. The zero-order valence-electron chi connectivity index (χ0n) is 12.9. The molecule has 22 heavy (non-hydrogen) atoms. The standard InChI is InChI=1S/C16H22N4OS/c1-13-12-18-16(22-13)20-10-8-19(9-11-20)15(21)6-5-14-4-2-3-7-17-14/h2-4,7,13H,5-6,8-12H2,1H3. The molecule has 1 aromatic rings. The van der Waals surface area contributed by atoms with Crippen LogP contribution in [0.3, 0.4) is 0 Å². The summed E-state index contributed by atoms with van der Waals surface area (Å²) < 4.78 is 0. The fraction of sp³-hybridized carbons (Fsp3) is 0.562. The second kappa shape index (κ2) is 7.13. The van der Waals surface area contributed by atoms with Crippen molar-refractivity contribution >= 4 is 22.8 Å². The number of carbonyl (C=O) groups excluding carboxylic acids is 1. The van der Waals surface area contributed by atoms with E-state index < -0.39 is 0 Å². The molecule has 0 spiro atoms. The van der Waals surface area contributed by atoms with E-state index in [0.717, 1.165) is 50.0 Å². The smallest absolute Gasteiger partial charge is 0.223 e. The molecule has 0 radical (unpaired) electrons. The first kappa shape index (κ1) is 15.3. The molecule has 2 aliphatic rings. The van der Waals surface area contributed by atoms with Crippen molar-refractivity contribution in [2.75, 3.05) is 32.7 Å². The van der Waals surface area contributed by atoms with Crippen molar-refractivity contribution in [3.05, 3.63) is 30.1 Å². The SMILES string of the molecule is CC1CN=C(N2CCN(C(=O)CCc3ccccn3)CC2)S1. The number of thioether (sulfide) groups is 1. The summed E-state index contributed by atoms with van der Waals surface area (Å²) >= 11 is 1.85. The highest BCUT2D eigenvalue weighted by molar-refractivity contribution is 8.14. The fourth-order valence-electron chi connectivity index (χ4n) is 2.72. The van der Waals surface area contributed by atoms with Crippen molar-refractivity contribution in [2.24, 2.45) is 4.99 Å². The number of carbonyl (C=O) groups is 1. The van der Waals surface area contributed by atoms with Gasteiger partial charge in [-0.3, -0.25) is 14.8 Å². The fourth-order valence-corrected chi connectivity index (χ4v) is 3.71. The van der Waals surface area contributed by atoms with E-state index in [-0.39, 0.29) is 5.91 Å². The van der Waals surface area contributed by atoms with Crippen LogP contribution in [0, 0.1) is 0 Å². The summed E-state index contributed by atoms with van der Waals surface area (Å²) in [5.41, 5.74) is 0.986. The minimum atomic E-state index is 0.236. The molecule has 0 bridgehead atoms. The highest BCUT2D eigenvalue weighted by Gasteiger charge is 2.26. The summed E-state index contributed by atoms with van der Waals surface area (Å²) in [7, 11) is 0. The van der Waals surface area contributed by atoms with Gasteiger partial charge in [0.2, 0.25) is 5.91 Å². The van der Waals surface area contributed by atoms with E-state index in [1.54, 1.807) is 6.20 Å². The Kier molecular flexibility index (Phi) is 4.97. The van der Waals surface area contributed by atoms with Crippen molar-refractivity contribution < 1.29 is 4.79 Å². The summed E-state index contributed by atoms with van der Waals surface area (Å²) in [4.78, 5) is 25.4. The Hall–Kier alpha value is -1.56. The number of pyridine rings is 1. The number of amides is 1. The number of piperazine rings is 1. The van der Waals surface area contributed by atoms with Gasteiger partial charge in [-0.1, -0.05) is 24.8 Å². The molecule has 0 aliphatic carbocycles. The third-order valence-electron chi connectivity index (χ3n) is 4.01. The molecule has 0 aromatic carbocycles. The van der Waals surface area contributed by atoms with Crippen molar-refractivity contribution in [3.63, 3.8) is 0 Å². The van der Waals surface area contributed by atoms with Gasteiger partial charge in [0.1, 0.15) is 0 Å². The molecule has 0 saturated carbocycles. The largest absolute Gasteiger partial charge is 0.348 e. The normalized spacial score (nSPS) is 21.9. The summed E-state index contributed by atoms with van der Waals surface area (Å²) in [5.74, 6) is 0.236. The lowest BCUT2D eigenvalue weighted by atomic mass is 10.2. The van der Waals surface area contributed by atoms with E-state index >= 15 is 0 Å². The zero-order chi connectivity index (χ0) is 15.4. The number of hydrogen-bond acceptors (Lipinski definition) is 5. The maximum absolute atomic E-state index is 12.3. The van der Waals surface area contributed by atoms with Crippen LogP contribution in [-0.4, -0.2) is 63.8 Å². The second-order valence-corrected chi connectivity index (χ2v) is 7.15. The number of nitrogens with zero attached hydrogens (tertiary/aromatic N) is 4. The van der Waals surface area contributed by atoms with Crippen LogP contribution in [0.4, 0.5) is 0 Å². The molecule has 118 valence electrons. The van der Waals surface area contributed by atoms with Gasteiger partial charge in [0.15, 0.2) is 5.17 Å². The third kappa shape index (κ3) is 3.80. The van der Waals surface area contributed by atoms with Gasteiger partial charge in [-0.05, 0) is 18.6 Å². The van der Waals surface area contributed by atoms with Crippen LogP contribution in [0.2, 0.25) is 0 Å². The summed E-state index contributed by atoms with van der Waals surface area (Å²) in [6.45, 7) is 6.52. The Bertz CT molecular complexity index is 540. The first-order valence-electron chi connectivity index (χ1n) is 7.86. The minimum absolute atomic E-state index is 0.236. The highest BCUT2D eigenvalue weighted by Crippen LogP contribution is 2.23. The Balaban J connectivity index is 1.44. The minimum Gasteiger partial charge on any atom is -0.348 e. The molecular weight excluding hydrogens is 296 g/mol. The van der Waals surface area contributed by atoms with Gasteiger partial charge in [-0.25, -0.2) is 0 Å². The number of rotatable bonds is 3. The highest BCUT2D eigenvalue weighted by atomic mass is 32.2. The van der Waals surface area contributed by atoms with Crippen LogP contribution >= 0.6 is 11.8 Å². The van der Waals surface area contributed by atoms with Crippen molar-refractivity contribution in [1.29, 1.82) is 0 Å². The van der Waals surface area contributed by atoms with E-state index in [4.69, 9.17) is 0 Å². The number of aromatic nitrogens is 1. The maximum atomic E-state index is 12.3. The number of aryl methyl sites for hydroxylation is 1. The van der Waals surface area contributed by atoms with Crippen LogP contribution in [-0.2, 0) is 11.2 Å². The Morgan fingerprint density at radius 3 is 2.77 bits per heavy atom. The lowest BCUT2D eigenvalue weighted by Crippen LogP contribution is -2.49. The first-order valence-corrected chi connectivity index (χ1v) is 8.74. The number of hydrogen-bond donors (Lipinski definition) is 0. The van der Waals surface area contributed by atoms with Crippen LogP contribution in [0.5, 0.6) is 0 Å². The first-order chi connectivity index (χ1) is 10.7. The Labute approximate surface area is 135 Å². The monoisotopic (exact) mass is 318 g/mol. The summed E-state index contributed by atoms with van der Waals surface area (Å²) in [5, 5.41) is 1.75. The van der Waals surface area contributed by atoms with E-state index in [0.29, 0.717) is 11.7 Å². The van der Waals surface area contributed by atoms with E-state index in [2.05, 4.69) is 21.8 Å². The molecule has 1 atom stereocenters. The van der Waals surface area contributed by atoms with Crippen LogP contribution in [0.25, 0.3) is 0 Å². The molecule has 1 aromatic heterocycles. The van der Waals surface area contributed by atoms with E-state index in [1.807, 2.05) is 34.9 Å². The van der Waals surface area contributed by atoms with Crippen LogP contribution < -0.4 is 0 Å². The van der Waals surface area contributed by atoms with Gasteiger partial charge in [0, 0.05) is 49.7 Å². The number of amidine groups is 1. The predicted octanol–water partition coefficient (Wildman–Crippen LogP) is 1.65. The second-order valence-electron chi connectivity index (χ2n) is 5.74. The lowest BCUT2D eigenvalue weighted by molar-refractivity contribution is -0.132. The topological polar surface area (TPSA) is 48.8 Å². The van der Waals surface area contributed by atoms with Gasteiger partial charge >= 0.3 is 0 Å². The van der Waals surface area contributed by atoms with Gasteiger partial charge in [0.25, 0.3) is 0 Å². The quantitative estimate of drug-likeness (QED) is 0.850. The predicted molar refractivity (Wildman–Crippen MR) is 90.1 cm³/mol. The molecule has 3 heterocycles. The third-order valence-corrected chi connectivity index (χ3v) is 5.16. The Morgan fingerprint density at radius 2 is 2.14 bits per heavy atom. The van der Waals surface area contributed by atoms with Gasteiger partial charge in [0.05, 0.1) is 6.54 Å². The molecule has 1 fully saturated rings. The van der Waals surface area contributed by atoms with Crippen molar-refractivity contribution in [2.45, 2.75) is 25.0 Å². The van der Waals surface area contributed by atoms with E-state index in [9.17, 15) is 4.79 Å². The number of aliphatic imine (C=N–C) groups is 1. The average Bonchev–Trinajstić information content (AvgIpc) is 3.00. The van der Waals surface area contributed by atoms with Crippen LogP contribution in [0.15, 0.2) is 29.4 Å². The molecular formula is C16H22N4OS. The molecule has 2 aliphatic heterocycles. The van der Waals surface area contributed by atoms with Gasteiger partial charge in [-0.2, -0.15) is 0 Å². The molecule has 1 amide bonds. The van der Waals surface area contributed by atoms with Crippen molar-refractivity contribution in [3.8, 4) is 0 Å². The molecule has 6 heteroatoms. The Morgan fingerprint density at radius 1 is 1.32 bits per heavy atom. The summed E-state index contributed by atoms with van der Waals surface area (Å²) in [6, 6.07) is 5.84. The molecule has 3 rings (SSSR count). The summed E-state index contributed by atoms with van der Waals surface area (Å²) in [6.07, 6.45) is 3.04. The zero-order valence-corrected chi connectivity index (χ0v) is 13.8. The molecule has 0 N–H and O–H groups in total. The van der Waals surface area contributed by atoms with E-state index in [1.165, 1.54) is 0 Å². The molecule has 1 unspecified atom stereocenters. The lowest BCUT2D eigenvalue weighted by Gasteiger charge is -2.35. The average molecular weight is 318 g/mol. The van der Waals surface area contributed by atoms with Crippen LogP contribution in [0.1, 0.15) is 19.0 Å². The van der Waals surface area contributed by atoms with Gasteiger partial charge < -0.3 is 9.80 Å². The molecule has 1 saturated heterocycles. The van der Waals surface area contributed by atoms with Crippen molar-refractivity contribution in [1.82, 2.24) is 14.8 Å².